The van der Waals surface area contributed by atoms with Gasteiger partial charge < -0.3 is 15.2 Å². The normalized spacial score (nSPS) is 18.9. The molecule has 1 aliphatic heterocycles. The summed E-state index contributed by atoms with van der Waals surface area (Å²) < 4.78 is 4.91. The summed E-state index contributed by atoms with van der Waals surface area (Å²) >= 11 is 0. The molecule has 16 heavy (non-hydrogen) atoms. The van der Waals surface area contributed by atoms with Crippen molar-refractivity contribution < 1.29 is 14.8 Å². The minimum atomic E-state index is -0.611. The van der Waals surface area contributed by atoms with Gasteiger partial charge in [-0.05, 0) is 24.6 Å². The number of hydrogen-bond acceptors (Lipinski definition) is 5. The lowest BCUT2D eigenvalue weighted by atomic mass is 9.97. The molecule has 1 aromatic rings. The molecule has 86 valence electrons. The summed E-state index contributed by atoms with van der Waals surface area (Å²) in [7, 11) is 1.37. The van der Waals surface area contributed by atoms with Crippen molar-refractivity contribution in [1.29, 1.82) is 0 Å². The van der Waals surface area contributed by atoms with Crippen molar-refractivity contribution in [3.8, 4) is 11.5 Å². The van der Waals surface area contributed by atoms with E-state index in [0.717, 1.165) is 18.5 Å². The van der Waals surface area contributed by atoms with Gasteiger partial charge in [0.2, 0.25) is 5.75 Å². The minimum Gasteiger partial charge on any atom is -0.500 e. The van der Waals surface area contributed by atoms with E-state index in [0.29, 0.717) is 0 Å². The van der Waals surface area contributed by atoms with Crippen molar-refractivity contribution in [3.05, 3.63) is 27.8 Å². The van der Waals surface area contributed by atoms with Crippen molar-refractivity contribution in [2.24, 2.45) is 0 Å². The second-order valence-electron chi connectivity index (χ2n) is 3.64. The summed E-state index contributed by atoms with van der Waals surface area (Å²) in [5.74, 6) is -0.284. The van der Waals surface area contributed by atoms with Crippen LogP contribution in [0.4, 0.5) is 5.69 Å². The molecule has 0 unspecified atom stereocenters. The number of phenols is 1. The first-order valence-electron chi connectivity index (χ1n) is 4.92. The van der Waals surface area contributed by atoms with Crippen LogP contribution in [0.15, 0.2) is 12.1 Å². The quantitative estimate of drug-likeness (QED) is 0.597. The fraction of sp³-hybridized carbons (Fsp3) is 0.400. The average Bonchev–Trinajstić information content (AvgIpc) is 2.17. The van der Waals surface area contributed by atoms with Gasteiger partial charge in [-0.1, -0.05) is 0 Å². The summed E-state index contributed by atoms with van der Waals surface area (Å²) in [5.41, 5.74) is 0.454. The van der Waals surface area contributed by atoms with Gasteiger partial charge in [0.25, 0.3) is 0 Å². The first-order chi connectivity index (χ1) is 7.63. The molecule has 1 saturated heterocycles. The number of methoxy groups -OCH3 is 1. The number of rotatable bonds is 3. The van der Waals surface area contributed by atoms with Crippen LogP contribution in [0, 0.1) is 10.1 Å². The van der Waals surface area contributed by atoms with Gasteiger partial charge in [0.1, 0.15) is 0 Å². The number of phenolic OH excluding ortho intramolecular Hbond substituents is 1. The van der Waals surface area contributed by atoms with E-state index < -0.39 is 10.7 Å². The first kappa shape index (κ1) is 10.7. The smallest absolute Gasteiger partial charge is 0.314 e. The second-order valence-corrected chi connectivity index (χ2v) is 3.64. The van der Waals surface area contributed by atoms with Crippen LogP contribution in [-0.4, -0.2) is 23.7 Å². The van der Waals surface area contributed by atoms with Gasteiger partial charge in [-0.3, -0.25) is 10.1 Å². The van der Waals surface area contributed by atoms with E-state index >= 15 is 0 Å². The molecule has 1 heterocycles. The fourth-order valence-electron chi connectivity index (χ4n) is 1.68. The molecule has 0 saturated carbocycles. The van der Waals surface area contributed by atoms with Crippen molar-refractivity contribution in [2.45, 2.75) is 12.5 Å². The Morgan fingerprint density at radius 3 is 2.75 bits per heavy atom. The standard InChI is InChI=1S/C10H12N2O4/c1-16-9-5-6(7-2-3-11-7)4-8(10(9)13)12(14)15/h4-5,7,11,13H,2-3H2,1H3/t7-/m1/s1. The van der Waals surface area contributed by atoms with Gasteiger partial charge in [-0.2, -0.15) is 0 Å². The Labute approximate surface area is 92.0 Å². The van der Waals surface area contributed by atoms with Crippen LogP contribution in [0.25, 0.3) is 0 Å². The number of aromatic hydroxyl groups is 1. The van der Waals surface area contributed by atoms with Gasteiger partial charge in [-0.25, -0.2) is 0 Å². The Morgan fingerprint density at radius 1 is 1.62 bits per heavy atom. The molecule has 1 fully saturated rings. The van der Waals surface area contributed by atoms with Crippen LogP contribution in [0.1, 0.15) is 18.0 Å². The van der Waals surface area contributed by atoms with Gasteiger partial charge in [0.15, 0.2) is 5.75 Å². The summed E-state index contributed by atoms with van der Waals surface area (Å²) in [5, 5.41) is 23.4. The lowest BCUT2D eigenvalue weighted by Gasteiger charge is -2.28. The van der Waals surface area contributed by atoms with Crippen molar-refractivity contribution in [3.63, 3.8) is 0 Å². The highest BCUT2D eigenvalue weighted by atomic mass is 16.6. The monoisotopic (exact) mass is 224 g/mol. The maximum atomic E-state index is 10.7. The molecular formula is C10H12N2O4. The number of hydrogen-bond donors (Lipinski definition) is 2. The fourth-order valence-corrected chi connectivity index (χ4v) is 1.68. The van der Waals surface area contributed by atoms with Crippen LogP contribution in [0.2, 0.25) is 0 Å². The lowest BCUT2D eigenvalue weighted by Crippen LogP contribution is -2.34. The van der Waals surface area contributed by atoms with E-state index in [9.17, 15) is 15.2 Å². The Morgan fingerprint density at radius 2 is 2.31 bits per heavy atom. The first-order valence-corrected chi connectivity index (χ1v) is 4.92. The zero-order valence-electron chi connectivity index (χ0n) is 8.77. The Bertz CT molecular complexity index is 429. The molecule has 1 aromatic carbocycles. The molecule has 0 aromatic heterocycles. The molecule has 0 aliphatic carbocycles. The van der Waals surface area contributed by atoms with E-state index in [1.807, 2.05) is 0 Å². The topological polar surface area (TPSA) is 84.6 Å². The molecule has 0 bridgehead atoms. The van der Waals surface area contributed by atoms with E-state index in [2.05, 4.69) is 5.32 Å². The highest BCUT2D eigenvalue weighted by Gasteiger charge is 2.25. The van der Waals surface area contributed by atoms with E-state index in [1.165, 1.54) is 13.2 Å². The molecule has 0 spiro atoms. The predicted molar refractivity (Wildman–Crippen MR) is 56.7 cm³/mol. The zero-order chi connectivity index (χ0) is 11.7. The molecule has 1 atom stereocenters. The minimum absolute atomic E-state index is 0.119. The maximum Gasteiger partial charge on any atom is 0.314 e. The van der Waals surface area contributed by atoms with E-state index in [1.54, 1.807) is 6.07 Å². The van der Waals surface area contributed by atoms with E-state index in [4.69, 9.17) is 4.74 Å². The predicted octanol–water partition coefficient (Wildman–Crippen LogP) is 1.34. The van der Waals surface area contributed by atoms with Gasteiger partial charge in [0, 0.05) is 12.1 Å². The highest BCUT2D eigenvalue weighted by molar-refractivity contribution is 5.57. The summed E-state index contributed by atoms with van der Waals surface area (Å²) in [6.45, 7) is 0.904. The number of ether oxygens (including phenoxy) is 1. The Kier molecular flexibility index (Phi) is 2.66. The molecule has 6 heteroatoms. The molecule has 1 aliphatic rings. The Hall–Kier alpha value is -1.82. The average molecular weight is 224 g/mol. The summed E-state index contributed by atoms with van der Waals surface area (Å²) in [6.07, 6.45) is 0.936. The lowest BCUT2D eigenvalue weighted by molar-refractivity contribution is -0.386. The number of nitro groups is 1. The summed E-state index contributed by atoms with van der Waals surface area (Å²) in [4.78, 5) is 10.1. The van der Waals surface area contributed by atoms with Crippen molar-refractivity contribution in [2.75, 3.05) is 13.7 Å². The van der Waals surface area contributed by atoms with Crippen LogP contribution in [-0.2, 0) is 0 Å². The SMILES string of the molecule is COc1cc([C@H]2CCN2)cc([N+](=O)[O-])c1O. The van der Waals surface area contributed by atoms with Crippen LogP contribution in [0.5, 0.6) is 11.5 Å². The van der Waals surface area contributed by atoms with Crippen molar-refractivity contribution in [1.82, 2.24) is 5.32 Å². The number of nitrogens with one attached hydrogen (secondary N) is 1. The zero-order valence-corrected chi connectivity index (χ0v) is 8.77. The number of benzene rings is 1. The van der Waals surface area contributed by atoms with Gasteiger partial charge >= 0.3 is 5.69 Å². The van der Waals surface area contributed by atoms with E-state index in [-0.39, 0.29) is 17.5 Å². The highest BCUT2D eigenvalue weighted by Crippen LogP contribution is 2.39. The molecule has 2 rings (SSSR count). The molecule has 0 radical (unpaired) electrons. The van der Waals surface area contributed by atoms with Gasteiger partial charge in [0.05, 0.1) is 12.0 Å². The van der Waals surface area contributed by atoms with Gasteiger partial charge in [-0.15, -0.1) is 0 Å². The van der Waals surface area contributed by atoms with Crippen LogP contribution in [0.3, 0.4) is 0 Å². The molecule has 0 amide bonds. The maximum absolute atomic E-state index is 10.7. The third kappa shape index (κ3) is 1.67. The van der Waals surface area contributed by atoms with Crippen LogP contribution >= 0.6 is 0 Å². The Balaban J connectivity index is 2.47. The molecular weight excluding hydrogens is 212 g/mol. The van der Waals surface area contributed by atoms with Crippen LogP contribution < -0.4 is 10.1 Å². The third-order valence-electron chi connectivity index (χ3n) is 2.72. The number of nitro benzene ring substituents is 1. The van der Waals surface area contributed by atoms with Crippen molar-refractivity contribution >= 4 is 5.69 Å². The second kappa shape index (κ2) is 3.97. The molecule has 6 nitrogen and oxygen atoms in total. The third-order valence-corrected chi connectivity index (χ3v) is 2.72. The number of nitrogens with zero attached hydrogens (tertiary/aromatic N) is 1. The summed E-state index contributed by atoms with van der Waals surface area (Å²) in [6, 6.07) is 3.13. The largest absolute Gasteiger partial charge is 0.500 e. The molecule has 2 N–H and O–H groups in total.